The van der Waals surface area contributed by atoms with Crippen molar-refractivity contribution in [2.75, 3.05) is 6.61 Å². The van der Waals surface area contributed by atoms with Crippen LogP contribution in [0.2, 0.25) is 0 Å². The Hall–Kier alpha value is -3.60. The summed E-state index contributed by atoms with van der Waals surface area (Å²) >= 11 is 4.23. The van der Waals surface area contributed by atoms with Crippen molar-refractivity contribution in [2.24, 2.45) is 0 Å². The molecule has 1 fully saturated rings. The van der Waals surface area contributed by atoms with Gasteiger partial charge in [0, 0.05) is 0 Å². The van der Waals surface area contributed by atoms with E-state index in [9.17, 15) is 18.0 Å². The van der Waals surface area contributed by atoms with Crippen molar-refractivity contribution in [1.82, 2.24) is 4.90 Å². The van der Waals surface area contributed by atoms with Crippen molar-refractivity contribution in [3.05, 3.63) is 105 Å². The number of rotatable bonds is 8. The number of carbonyl (C=O) groups excluding carboxylic acids is 2. The quantitative estimate of drug-likeness (QED) is 0.154. The Balaban J connectivity index is 1.43. The molecule has 1 aliphatic rings. The van der Waals surface area contributed by atoms with Crippen LogP contribution in [0.4, 0.5) is 4.79 Å². The van der Waals surface area contributed by atoms with Gasteiger partial charge in [-0.1, -0.05) is 60.7 Å². The molecule has 39 heavy (non-hydrogen) atoms. The van der Waals surface area contributed by atoms with Gasteiger partial charge in [0.1, 0.15) is 4.90 Å². The highest BCUT2D eigenvalue weighted by atomic mass is 79.9. The van der Waals surface area contributed by atoms with E-state index >= 15 is 0 Å². The summed E-state index contributed by atoms with van der Waals surface area (Å²) < 4.78 is 37.1. The largest absolute Gasteiger partial charge is 0.490 e. The van der Waals surface area contributed by atoms with E-state index in [4.69, 9.17) is 8.92 Å². The molecule has 0 bridgehead atoms. The van der Waals surface area contributed by atoms with E-state index in [1.165, 1.54) is 17.0 Å². The fourth-order valence-electron chi connectivity index (χ4n) is 4.15. The Morgan fingerprint density at radius 1 is 0.949 bits per heavy atom. The zero-order valence-electron chi connectivity index (χ0n) is 20.7. The van der Waals surface area contributed by atoms with Crippen LogP contribution in [0.1, 0.15) is 18.1 Å². The first-order valence-corrected chi connectivity index (χ1v) is 15.0. The lowest BCUT2D eigenvalue weighted by atomic mass is 10.0. The minimum Gasteiger partial charge on any atom is -0.490 e. The third-order valence-electron chi connectivity index (χ3n) is 5.94. The molecule has 1 aliphatic heterocycles. The molecule has 0 atom stereocenters. The van der Waals surface area contributed by atoms with Gasteiger partial charge in [-0.2, -0.15) is 8.42 Å². The van der Waals surface area contributed by atoms with Gasteiger partial charge in [0.2, 0.25) is 0 Å². The molecule has 0 aromatic heterocycles. The normalized spacial score (nSPS) is 14.8. The van der Waals surface area contributed by atoms with Gasteiger partial charge in [0.05, 0.1) is 22.5 Å². The summed E-state index contributed by atoms with van der Waals surface area (Å²) in [7, 11) is -4.12. The SMILES string of the molecule is CCOc1cc(/C=C2\SC(=O)N(Cc3cccc4ccccc34)C2=O)cc(Br)c1OS(=O)(=O)c1ccccc1. The van der Waals surface area contributed by atoms with Crippen LogP contribution >= 0.6 is 27.7 Å². The van der Waals surface area contributed by atoms with Gasteiger partial charge >= 0.3 is 10.1 Å². The Kier molecular flexibility index (Phi) is 7.79. The van der Waals surface area contributed by atoms with Crippen LogP contribution in [0.25, 0.3) is 16.8 Å². The molecular formula is C29H22BrNO6S2. The van der Waals surface area contributed by atoms with E-state index in [0.29, 0.717) is 10.0 Å². The van der Waals surface area contributed by atoms with Crippen molar-refractivity contribution in [3.63, 3.8) is 0 Å². The molecule has 2 amide bonds. The Bertz CT molecular complexity index is 1720. The molecule has 0 unspecified atom stereocenters. The van der Waals surface area contributed by atoms with Crippen molar-refractivity contribution in [1.29, 1.82) is 0 Å². The van der Waals surface area contributed by atoms with Crippen LogP contribution in [0.3, 0.4) is 0 Å². The molecule has 0 aliphatic carbocycles. The maximum Gasteiger partial charge on any atom is 0.339 e. The van der Waals surface area contributed by atoms with Crippen LogP contribution < -0.4 is 8.92 Å². The highest BCUT2D eigenvalue weighted by molar-refractivity contribution is 9.10. The molecular weight excluding hydrogens is 602 g/mol. The summed E-state index contributed by atoms with van der Waals surface area (Å²) in [5.41, 5.74) is 1.41. The number of hydrogen-bond donors (Lipinski definition) is 0. The van der Waals surface area contributed by atoms with E-state index in [0.717, 1.165) is 28.1 Å². The molecule has 0 spiro atoms. The van der Waals surface area contributed by atoms with Crippen molar-refractivity contribution < 1.29 is 26.9 Å². The first kappa shape index (κ1) is 27.0. The second-order valence-electron chi connectivity index (χ2n) is 8.52. The topological polar surface area (TPSA) is 90.0 Å². The van der Waals surface area contributed by atoms with Crippen LogP contribution in [-0.4, -0.2) is 31.1 Å². The number of hydrogen-bond acceptors (Lipinski definition) is 7. The molecule has 198 valence electrons. The van der Waals surface area contributed by atoms with Crippen LogP contribution in [0.15, 0.2) is 99.2 Å². The number of imide groups is 1. The molecule has 4 aromatic carbocycles. The number of carbonyl (C=O) groups is 2. The zero-order valence-corrected chi connectivity index (χ0v) is 23.9. The van der Waals surface area contributed by atoms with E-state index in [2.05, 4.69) is 15.9 Å². The number of halogens is 1. The fourth-order valence-corrected chi connectivity index (χ4v) is 6.61. The van der Waals surface area contributed by atoms with Gasteiger partial charge < -0.3 is 8.92 Å². The molecule has 0 radical (unpaired) electrons. The second kappa shape index (κ2) is 11.3. The Labute approximate surface area is 238 Å². The first-order chi connectivity index (χ1) is 18.8. The average Bonchev–Trinajstić information content (AvgIpc) is 3.18. The summed E-state index contributed by atoms with van der Waals surface area (Å²) in [6.07, 6.45) is 1.58. The van der Waals surface area contributed by atoms with E-state index in [-0.39, 0.29) is 39.7 Å². The number of fused-ring (bicyclic) bond motifs is 1. The van der Waals surface area contributed by atoms with Crippen molar-refractivity contribution >= 4 is 65.8 Å². The van der Waals surface area contributed by atoms with Crippen LogP contribution in [-0.2, 0) is 21.5 Å². The monoisotopic (exact) mass is 623 g/mol. The number of amides is 2. The molecule has 7 nitrogen and oxygen atoms in total. The predicted molar refractivity (Wildman–Crippen MR) is 155 cm³/mol. The molecule has 1 saturated heterocycles. The average molecular weight is 625 g/mol. The summed E-state index contributed by atoms with van der Waals surface area (Å²) in [6.45, 7) is 2.16. The third kappa shape index (κ3) is 5.73. The lowest BCUT2D eigenvalue weighted by Crippen LogP contribution is -2.27. The maximum atomic E-state index is 13.2. The van der Waals surface area contributed by atoms with Gasteiger partial charge in [-0.15, -0.1) is 0 Å². The molecule has 4 aromatic rings. The fraction of sp³-hybridized carbons (Fsp3) is 0.103. The standard InChI is InChI=1S/C29H22BrNO6S2/c1-2-36-25-16-19(15-24(30)27(25)37-39(34,35)22-12-4-3-5-13-22)17-26-28(32)31(29(33)38-26)18-21-11-8-10-20-9-6-7-14-23(20)21/h3-17H,2,18H2,1H3/b26-17-. The third-order valence-corrected chi connectivity index (χ3v) is 8.67. The van der Waals surface area contributed by atoms with Gasteiger partial charge in [-0.05, 0) is 86.9 Å². The lowest BCUT2D eigenvalue weighted by Gasteiger charge is -2.15. The van der Waals surface area contributed by atoms with E-state index in [1.807, 2.05) is 42.5 Å². The van der Waals surface area contributed by atoms with Crippen LogP contribution in [0, 0.1) is 0 Å². The van der Waals surface area contributed by atoms with Crippen LogP contribution in [0.5, 0.6) is 11.5 Å². The molecule has 10 heteroatoms. The molecule has 1 heterocycles. The molecule has 0 N–H and O–H groups in total. The highest BCUT2D eigenvalue weighted by Crippen LogP contribution is 2.41. The molecule has 0 saturated carbocycles. The van der Waals surface area contributed by atoms with Crippen molar-refractivity contribution in [2.45, 2.75) is 18.4 Å². The van der Waals surface area contributed by atoms with Gasteiger partial charge in [0.15, 0.2) is 11.5 Å². The first-order valence-electron chi connectivity index (χ1n) is 11.9. The van der Waals surface area contributed by atoms with E-state index < -0.39 is 16.0 Å². The lowest BCUT2D eigenvalue weighted by molar-refractivity contribution is -0.123. The number of thioether (sulfide) groups is 1. The number of nitrogens with zero attached hydrogens (tertiary/aromatic N) is 1. The summed E-state index contributed by atoms with van der Waals surface area (Å²) in [4.78, 5) is 27.5. The number of ether oxygens (including phenoxy) is 1. The Morgan fingerprint density at radius 2 is 1.67 bits per heavy atom. The number of benzene rings is 4. The Morgan fingerprint density at radius 3 is 2.44 bits per heavy atom. The summed E-state index contributed by atoms with van der Waals surface area (Å²) in [5, 5.41) is 1.65. The summed E-state index contributed by atoms with van der Waals surface area (Å²) in [5.74, 6) is -0.242. The maximum absolute atomic E-state index is 13.2. The molecule has 5 rings (SSSR count). The minimum atomic E-state index is -4.12. The van der Waals surface area contributed by atoms with Gasteiger partial charge in [0.25, 0.3) is 11.1 Å². The van der Waals surface area contributed by atoms with E-state index in [1.54, 1.807) is 43.3 Å². The predicted octanol–water partition coefficient (Wildman–Crippen LogP) is 7.01. The van der Waals surface area contributed by atoms with Gasteiger partial charge in [-0.25, -0.2) is 0 Å². The summed E-state index contributed by atoms with van der Waals surface area (Å²) in [6, 6.07) is 24.6. The highest BCUT2D eigenvalue weighted by Gasteiger charge is 2.35. The second-order valence-corrected chi connectivity index (χ2v) is 11.9. The van der Waals surface area contributed by atoms with Gasteiger partial charge in [-0.3, -0.25) is 14.5 Å². The van der Waals surface area contributed by atoms with Crippen molar-refractivity contribution in [3.8, 4) is 11.5 Å². The zero-order chi connectivity index (χ0) is 27.6. The smallest absolute Gasteiger partial charge is 0.339 e. The minimum absolute atomic E-state index is 0.00305.